The highest BCUT2D eigenvalue weighted by Gasteiger charge is 2.35. The molecule has 4 nitrogen and oxygen atoms in total. The number of halogens is 1. The van der Waals surface area contributed by atoms with Gasteiger partial charge in [-0.15, -0.1) is 0 Å². The summed E-state index contributed by atoms with van der Waals surface area (Å²) >= 11 is 1.91. The molecule has 22 heavy (non-hydrogen) atoms. The van der Waals surface area contributed by atoms with Crippen LogP contribution in [-0.2, 0) is 9.59 Å². The van der Waals surface area contributed by atoms with E-state index in [4.69, 9.17) is 0 Å². The van der Waals surface area contributed by atoms with Gasteiger partial charge in [0.2, 0.25) is 11.8 Å². The molecule has 0 radical (unpaired) electrons. The summed E-state index contributed by atoms with van der Waals surface area (Å²) in [6, 6.07) is 6.05. The van der Waals surface area contributed by atoms with E-state index in [-0.39, 0.29) is 36.0 Å². The first kappa shape index (κ1) is 15.3. The molecular weight excluding hydrogens is 303 g/mol. The van der Waals surface area contributed by atoms with Gasteiger partial charge in [-0.05, 0) is 48.6 Å². The van der Waals surface area contributed by atoms with E-state index in [9.17, 15) is 14.0 Å². The van der Waals surface area contributed by atoms with Gasteiger partial charge in [0.1, 0.15) is 5.82 Å². The summed E-state index contributed by atoms with van der Waals surface area (Å²) < 4.78 is 13.0. The lowest BCUT2D eigenvalue weighted by atomic mass is 10.1. The van der Waals surface area contributed by atoms with E-state index in [2.05, 4.69) is 5.32 Å². The Kier molecular flexibility index (Phi) is 4.66. The molecule has 0 spiro atoms. The smallest absolute Gasteiger partial charge is 0.227 e. The summed E-state index contributed by atoms with van der Waals surface area (Å²) in [5, 5.41) is 3.07. The van der Waals surface area contributed by atoms with Gasteiger partial charge in [0, 0.05) is 24.7 Å². The van der Waals surface area contributed by atoms with Crippen LogP contribution in [0.5, 0.6) is 0 Å². The Labute approximate surface area is 133 Å². The largest absolute Gasteiger partial charge is 0.353 e. The first-order valence-corrected chi connectivity index (χ1v) is 8.73. The van der Waals surface area contributed by atoms with E-state index in [1.807, 2.05) is 11.8 Å². The Balaban J connectivity index is 1.61. The van der Waals surface area contributed by atoms with Gasteiger partial charge in [0.15, 0.2) is 0 Å². The Hall–Kier alpha value is -1.56. The maximum Gasteiger partial charge on any atom is 0.227 e. The van der Waals surface area contributed by atoms with Crippen molar-refractivity contribution in [2.45, 2.75) is 25.3 Å². The number of nitrogens with one attached hydrogen (secondary N) is 1. The molecule has 1 N–H and O–H groups in total. The van der Waals surface area contributed by atoms with Gasteiger partial charge in [-0.1, -0.05) is 0 Å². The van der Waals surface area contributed by atoms with E-state index in [1.54, 1.807) is 17.0 Å². The van der Waals surface area contributed by atoms with Crippen LogP contribution < -0.4 is 10.2 Å². The fourth-order valence-electron chi connectivity index (χ4n) is 2.91. The zero-order chi connectivity index (χ0) is 15.5. The fourth-order valence-corrected chi connectivity index (χ4v) is 4.02. The van der Waals surface area contributed by atoms with Gasteiger partial charge in [-0.2, -0.15) is 11.8 Å². The maximum atomic E-state index is 13.0. The van der Waals surface area contributed by atoms with Crippen LogP contribution >= 0.6 is 11.8 Å². The minimum Gasteiger partial charge on any atom is -0.353 e. The number of anilines is 1. The molecular formula is C16H19FN2O2S. The van der Waals surface area contributed by atoms with Crippen molar-refractivity contribution in [3.8, 4) is 0 Å². The molecule has 118 valence electrons. The van der Waals surface area contributed by atoms with Gasteiger partial charge in [0.25, 0.3) is 0 Å². The molecule has 3 rings (SSSR count). The highest BCUT2D eigenvalue weighted by Crippen LogP contribution is 2.26. The molecule has 2 aliphatic rings. The molecule has 0 aromatic heterocycles. The highest BCUT2D eigenvalue weighted by molar-refractivity contribution is 7.99. The molecule has 1 aromatic carbocycles. The molecule has 1 atom stereocenters. The van der Waals surface area contributed by atoms with Crippen LogP contribution in [0.3, 0.4) is 0 Å². The molecule has 2 heterocycles. The van der Waals surface area contributed by atoms with Crippen molar-refractivity contribution in [1.82, 2.24) is 5.32 Å². The van der Waals surface area contributed by atoms with E-state index in [0.29, 0.717) is 12.2 Å². The zero-order valence-corrected chi connectivity index (χ0v) is 13.1. The van der Waals surface area contributed by atoms with Crippen molar-refractivity contribution in [3.05, 3.63) is 30.1 Å². The van der Waals surface area contributed by atoms with Crippen LogP contribution in [-0.4, -0.2) is 35.9 Å². The van der Waals surface area contributed by atoms with Crippen LogP contribution in [0.1, 0.15) is 19.3 Å². The summed E-state index contributed by atoms with van der Waals surface area (Å²) in [5.74, 6) is 1.40. The highest BCUT2D eigenvalue weighted by atomic mass is 32.2. The lowest BCUT2D eigenvalue weighted by Gasteiger charge is -2.24. The number of amides is 2. The quantitative estimate of drug-likeness (QED) is 0.928. The predicted molar refractivity (Wildman–Crippen MR) is 85.3 cm³/mol. The maximum absolute atomic E-state index is 13.0. The second-order valence-electron chi connectivity index (χ2n) is 5.78. The number of nitrogens with zero attached hydrogens (tertiary/aromatic N) is 1. The number of thioether (sulfide) groups is 1. The summed E-state index contributed by atoms with van der Waals surface area (Å²) in [6.45, 7) is 0.373. The molecule has 2 fully saturated rings. The van der Waals surface area contributed by atoms with Crippen LogP contribution in [0.2, 0.25) is 0 Å². The van der Waals surface area contributed by atoms with Crippen molar-refractivity contribution in [2.24, 2.45) is 5.92 Å². The first-order valence-electron chi connectivity index (χ1n) is 7.57. The van der Waals surface area contributed by atoms with Gasteiger partial charge >= 0.3 is 0 Å². The van der Waals surface area contributed by atoms with Crippen LogP contribution in [0.15, 0.2) is 24.3 Å². The number of rotatable bonds is 3. The van der Waals surface area contributed by atoms with E-state index in [1.165, 1.54) is 12.1 Å². The number of hydrogen-bond acceptors (Lipinski definition) is 3. The third-order valence-electron chi connectivity index (χ3n) is 4.20. The molecule has 6 heteroatoms. The summed E-state index contributed by atoms with van der Waals surface area (Å²) in [6.07, 6.45) is 2.22. The van der Waals surface area contributed by atoms with E-state index >= 15 is 0 Å². The molecule has 2 aliphatic heterocycles. The summed E-state index contributed by atoms with van der Waals surface area (Å²) in [7, 11) is 0. The van der Waals surface area contributed by atoms with E-state index in [0.717, 1.165) is 24.3 Å². The third kappa shape index (κ3) is 3.43. The lowest BCUT2D eigenvalue weighted by molar-refractivity contribution is -0.127. The minimum absolute atomic E-state index is 0.0325. The van der Waals surface area contributed by atoms with Gasteiger partial charge in [-0.3, -0.25) is 9.59 Å². The van der Waals surface area contributed by atoms with Crippen LogP contribution in [0, 0.1) is 11.7 Å². The number of benzene rings is 1. The predicted octanol–water partition coefficient (Wildman–Crippen LogP) is 2.19. The average Bonchev–Trinajstić information content (AvgIpc) is 2.91. The summed E-state index contributed by atoms with van der Waals surface area (Å²) in [4.78, 5) is 26.0. The van der Waals surface area contributed by atoms with Crippen molar-refractivity contribution in [1.29, 1.82) is 0 Å². The minimum atomic E-state index is -0.333. The average molecular weight is 322 g/mol. The van der Waals surface area contributed by atoms with Gasteiger partial charge < -0.3 is 10.2 Å². The zero-order valence-electron chi connectivity index (χ0n) is 12.3. The normalized spacial score (nSPS) is 22.9. The van der Waals surface area contributed by atoms with Gasteiger partial charge in [-0.25, -0.2) is 4.39 Å². The molecule has 2 amide bonds. The molecule has 1 aromatic rings. The molecule has 2 saturated heterocycles. The van der Waals surface area contributed by atoms with Crippen molar-refractivity contribution >= 4 is 29.3 Å². The van der Waals surface area contributed by atoms with Gasteiger partial charge in [0.05, 0.1) is 5.92 Å². The summed E-state index contributed by atoms with van der Waals surface area (Å²) in [5.41, 5.74) is 0.649. The topological polar surface area (TPSA) is 49.4 Å². The second-order valence-corrected chi connectivity index (χ2v) is 7.00. The monoisotopic (exact) mass is 322 g/mol. The first-order chi connectivity index (χ1) is 10.6. The number of hydrogen-bond donors (Lipinski definition) is 1. The SMILES string of the molecule is O=C(NC1CCSCC1)[C@H]1CC(=O)N(c2ccc(F)cc2)C1. The number of carbonyl (C=O) groups excluding carboxylic acids is 2. The molecule has 0 saturated carbocycles. The Morgan fingerprint density at radius 3 is 2.59 bits per heavy atom. The number of carbonyl (C=O) groups is 2. The molecule has 0 bridgehead atoms. The molecule has 0 unspecified atom stereocenters. The van der Waals surface area contributed by atoms with Crippen molar-refractivity contribution < 1.29 is 14.0 Å². The third-order valence-corrected chi connectivity index (χ3v) is 5.25. The fraction of sp³-hybridized carbons (Fsp3) is 0.500. The Morgan fingerprint density at radius 2 is 1.91 bits per heavy atom. The van der Waals surface area contributed by atoms with Crippen molar-refractivity contribution in [2.75, 3.05) is 23.0 Å². The van der Waals surface area contributed by atoms with Crippen LogP contribution in [0.4, 0.5) is 10.1 Å². The Bertz CT molecular complexity index is 558. The van der Waals surface area contributed by atoms with Crippen molar-refractivity contribution in [3.63, 3.8) is 0 Å². The molecule has 0 aliphatic carbocycles. The van der Waals surface area contributed by atoms with E-state index < -0.39 is 0 Å². The second kappa shape index (κ2) is 6.69. The standard InChI is InChI=1S/C16H19FN2O2S/c17-12-1-3-14(4-2-12)19-10-11(9-15(19)20)16(21)18-13-5-7-22-8-6-13/h1-4,11,13H,5-10H2,(H,18,21)/t11-/m0/s1. The lowest BCUT2D eigenvalue weighted by Crippen LogP contribution is -2.41. The van der Waals surface area contributed by atoms with Crippen LogP contribution in [0.25, 0.3) is 0 Å². The Morgan fingerprint density at radius 1 is 1.23 bits per heavy atom.